The number of nitrogens with zero attached hydrogens (tertiary/aromatic N) is 1. The highest BCUT2D eigenvalue weighted by molar-refractivity contribution is 9.10. The van der Waals surface area contributed by atoms with E-state index < -0.39 is 0 Å². The molecule has 0 aliphatic heterocycles. The Bertz CT molecular complexity index is 599. The first-order valence-corrected chi connectivity index (χ1v) is 6.13. The number of aromatic nitrogens is 1. The van der Waals surface area contributed by atoms with Crippen molar-refractivity contribution in [2.75, 3.05) is 11.1 Å². The third kappa shape index (κ3) is 2.87. The van der Waals surface area contributed by atoms with E-state index in [4.69, 9.17) is 5.73 Å². The number of carbonyl (C=O) groups is 1. The molecule has 0 bridgehead atoms. The molecule has 3 N–H and O–H groups in total. The predicted molar refractivity (Wildman–Crippen MR) is 75.5 cm³/mol. The fraction of sp³-hybridized carbons (Fsp3) is 0.0769. The Morgan fingerprint density at radius 2 is 2.11 bits per heavy atom. The maximum Gasteiger partial charge on any atom is 0.257 e. The van der Waals surface area contributed by atoms with Crippen molar-refractivity contribution >= 4 is 33.2 Å². The van der Waals surface area contributed by atoms with Crippen LogP contribution in [-0.4, -0.2) is 10.9 Å². The molecule has 0 radical (unpaired) electrons. The minimum absolute atomic E-state index is 0.249. The highest BCUT2D eigenvalue weighted by Crippen LogP contribution is 2.19. The third-order valence-corrected chi connectivity index (χ3v) is 2.89. The predicted octanol–water partition coefficient (Wildman–Crippen LogP) is 2.99. The molecule has 0 atom stereocenters. The molecule has 1 amide bonds. The van der Waals surface area contributed by atoms with Crippen LogP contribution in [-0.2, 0) is 0 Å². The number of nitrogens with one attached hydrogen (secondary N) is 1. The lowest BCUT2D eigenvalue weighted by molar-refractivity contribution is 0.102. The molecular weight excluding hydrogens is 294 g/mol. The van der Waals surface area contributed by atoms with Gasteiger partial charge in [-0.05, 0) is 36.8 Å². The van der Waals surface area contributed by atoms with Crippen LogP contribution in [0.2, 0.25) is 0 Å². The van der Waals surface area contributed by atoms with E-state index in [0.29, 0.717) is 16.9 Å². The summed E-state index contributed by atoms with van der Waals surface area (Å²) in [6, 6.07) is 7.01. The Kier molecular flexibility index (Phi) is 3.62. The number of pyridine rings is 1. The van der Waals surface area contributed by atoms with Gasteiger partial charge in [-0.15, -0.1) is 0 Å². The summed E-state index contributed by atoms with van der Waals surface area (Å²) >= 11 is 3.31. The van der Waals surface area contributed by atoms with E-state index in [0.717, 1.165) is 10.0 Å². The van der Waals surface area contributed by atoms with Gasteiger partial charge in [-0.25, -0.2) is 0 Å². The summed E-state index contributed by atoms with van der Waals surface area (Å²) in [4.78, 5) is 16.1. The maximum absolute atomic E-state index is 12.1. The van der Waals surface area contributed by atoms with Crippen molar-refractivity contribution in [2.45, 2.75) is 6.92 Å². The third-order valence-electron chi connectivity index (χ3n) is 2.39. The summed E-state index contributed by atoms with van der Waals surface area (Å²) < 4.78 is 0.809. The number of anilines is 2. The van der Waals surface area contributed by atoms with Gasteiger partial charge in [0.1, 0.15) is 0 Å². The van der Waals surface area contributed by atoms with E-state index in [1.165, 1.54) is 0 Å². The van der Waals surface area contributed by atoms with Gasteiger partial charge in [0.05, 0.1) is 17.4 Å². The molecule has 1 aromatic carbocycles. The molecule has 1 heterocycles. The second-order valence-electron chi connectivity index (χ2n) is 3.94. The van der Waals surface area contributed by atoms with Gasteiger partial charge in [-0.1, -0.05) is 15.9 Å². The number of hydrogen-bond donors (Lipinski definition) is 2. The smallest absolute Gasteiger partial charge is 0.257 e. The first-order valence-electron chi connectivity index (χ1n) is 5.34. The number of halogens is 1. The van der Waals surface area contributed by atoms with Crippen LogP contribution in [0.25, 0.3) is 0 Å². The molecule has 0 aliphatic carbocycles. The number of amides is 1. The van der Waals surface area contributed by atoms with E-state index in [2.05, 4.69) is 26.2 Å². The highest BCUT2D eigenvalue weighted by Gasteiger charge is 2.10. The zero-order chi connectivity index (χ0) is 13.1. The van der Waals surface area contributed by atoms with Crippen LogP contribution < -0.4 is 11.1 Å². The Balaban J connectivity index is 2.24. The van der Waals surface area contributed by atoms with Crippen molar-refractivity contribution in [2.24, 2.45) is 0 Å². The van der Waals surface area contributed by atoms with Crippen LogP contribution in [0.15, 0.2) is 41.1 Å². The van der Waals surface area contributed by atoms with Crippen molar-refractivity contribution in [3.63, 3.8) is 0 Å². The van der Waals surface area contributed by atoms with E-state index >= 15 is 0 Å². The fourth-order valence-electron chi connectivity index (χ4n) is 1.55. The number of hydrogen-bond acceptors (Lipinski definition) is 3. The van der Waals surface area contributed by atoms with E-state index in [1.807, 2.05) is 13.0 Å². The minimum Gasteiger partial charge on any atom is -0.398 e. The van der Waals surface area contributed by atoms with Crippen LogP contribution >= 0.6 is 15.9 Å². The fourth-order valence-corrected chi connectivity index (χ4v) is 1.91. The minimum atomic E-state index is -0.249. The Morgan fingerprint density at radius 1 is 1.33 bits per heavy atom. The highest BCUT2D eigenvalue weighted by atomic mass is 79.9. The monoisotopic (exact) mass is 305 g/mol. The maximum atomic E-state index is 12.1. The Hall–Kier alpha value is -1.88. The van der Waals surface area contributed by atoms with Crippen molar-refractivity contribution in [3.05, 3.63) is 52.3 Å². The Labute approximate surface area is 113 Å². The second-order valence-corrected chi connectivity index (χ2v) is 4.85. The molecule has 0 spiro atoms. The summed E-state index contributed by atoms with van der Waals surface area (Å²) in [6.45, 7) is 1.91. The number of nitrogen functional groups attached to an aromatic ring is 1. The molecule has 5 heteroatoms. The topological polar surface area (TPSA) is 68.0 Å². The molecule has 2 rings (SSSR count). The van der Waals surface area contributed by atoms with Gasteiger partial charge in [0.15, 0.2) is 0 Å². The lowest BCUT2D eigenvalue weighted by Gasteiger charge is -2.08. The van der Waals surface area contributed by atoms with Crippen LogP contribution in [0.1, 0.15) is 15.9 Å². The standard InChI is InChI=1S/C13H12BrN3O/c1-8-4-10(7-16-6-8)17-13(18)11-5-9(14)2-3-12(11)15/h2-7H,15H2,1H3,(H,17,18). The van der Waals surface area contributed by atoms with Gasteiger partial charge in [-0.3, -0.25) is 9.78 Å². The number of nitrogens with two attached hydrogens (primary N) is 1. The molecule has 0 saturated carbocycles. The molecular formula is C13H12BrN3O. The molecule has 92 valence electrons. The van der Waals surface area contributed by atoms with Crippen LogP contribution in [0.4, 0.5) is 11.4 Å². The first kappa shape index (κ1) is 12.6. The SMILES string of the molecule is Cc1cncc(NC(=O)c2cc(Br)ccc2N)c1. The van der Waals surface area contributed by atoms with Crippen LogP contribution in [0, 0.1) is 6.92 Å². The van der Waals surface area contributed by atoms with Crippen molar-refractivity contribution in [1.82, 2.24) is 4.98 Å². The summed E-state index contributed by atoms with van der Waals surface area (Å²) in [7, 11) is 0. The van der Waals surface area contributed by atoms with Gasteiger partial charge >= 0.3 is 0 Å². The van der Waals surface area contributed by atoms with Crippen LogP contribution in [0.3, 0.4) is 0 Å². The largest absolute Gasteiger partial charge is 0.398 e. The average molecular weight is 306 g/mol. The summed E-state index contributed by atoms with van der Waals surface area (Å²) in [5, 5.41) is 2.76. The molecule has 0 saturated heterocycles. The summed E-state index contributed by atoms with van der Waals surface area (Å²) in [6.07, 6.45) is 3.32. The zero-order valence-corrected chi connectivity index (χ0v) is 11.4. The van der Waals surface area contributed by atoms with Gasteiger partial charge in [0.2, 0.25) is 0 Å². The summed E-state index contributed by atoms with van der Waals surface area (Å²) in [5.74, 6) is -0.249. The molecule has 18 heavy (non-hydrogen) atoms. The van der Waals surface area contributed by atoms with Gasteiger partial charge < -0.3 is 11.1 Å². The number of aryl methyl sites for hydroxylation is 1. The van der Waals surface area contributed by atoms with Gasteiger partial charge in [0, 0.05) is 16.4 Å². The molecule has 0 fully saturated rings. The lowest BCUT2D eigenvalue weighted by atomic mass is 10.1. The lowest BCUT2D eigenvalue weighted by Crippen LogP contribution is -2.14. The van der Waals surface area contributed by atoms with E-state index in [9.17, 15) is 4.79 Å². The van der Waals surface area contributed by atoms with Crippen LogP contribution in [0.5, 0.6) is 0 Å². The van der Waals surface area contributed by atoms with Crippen molar-refractivity contribution < 1.29 is 4.79 Å². The van der Waals surface area contributed by atoms with Gasteiger partial charge in [0.25, 0.3) is 5.91 Å². The quantitative estimate of drug-likeness (QED) is 0.838. The van der Waals surface area contributed by atoms with Gasteiger partial charge in [-0.2, -0.15) is 0 Å². The average Bonchev–Trinajstić information content (AvgIpc) is 2.32. The van der Waals surface area contributed by atoms with Crippen molar-refractivity contribution in [1.29, 1.82) is 0 Å². The zero-order valence-electron chi connectivity index (χ0n) is 9.77. The normalized spacial score (nSPS) is 10.1. The molecule has 1 aromatic heterocycles. The molecule has 2 aromatic rings. The molecule has 4 nitrogen and oxygen atoms in total. The molecule has 0 unspecified atom stereocenters. The number of rotatable bonds is 2. The first-order chi connectivity index (χ1) is 8.56. The second kappa shape index (κ2) is 5.18. The number of carbonyl (C=O) groups excluding carboxylic acids is 1. The summed E-state index contributed by atoms with van der Waals surface area (Å²) in [5.41, 5.74) is 8.29. The van der Waals surface area contributed by atoms with E-state index in [1.54, 1.807) is 30.6 Å². The van der Waals surface area contributed by atoms with Crippen molar-refractivity contribution in [3.8, 4) is 0 Å². The Morgan fingerprint density at radius 3 is 2.83 bits per heavy atom. The number of benzene rings is 1. The molecule has 0 aliphatic rings. The van der Waals surface area contributed by atoms with E-state index in [-0.39, 0.29) is 5.91 Å².